The summed E-state index contributed by atoms with van der Waals surface area (Å²) in [7, 11) is 2.78. The number of amidine groups is 1. The van der Waals surface area contributed by atoms with E-state index in [9.17, 15) is 10.5 Å². The van der Waals surface area contributed by atoms with Gasteiger partial charge in [-0.25, -0.2) is 4.99 Å². The van der Waals surface area contributed by atoms with Crippen molar-refractivity contribution in [3.63, 3.8) is 0 Å². The Morgan fingerprint density at radius 2 is 1.76 bits per heavy atom. The van der Waals surface area contributed by atoms with Crippen LogP contribution in [0.4, 0.5) is 0 Å². The number of hydrogen-bond donors (Lipinski definition) is 1. The summed E-state index contributed by atoms with van der Waals surface area (Å²) < 4.78 is 16.9. The molecule has 2 aromatic rings. The van der Waals surface area contributed by atoms with E-state index in [-0.39, 0.29) is 5.84 Å². The smallest absolute Gasteiger partial charge is 0.292 e. The SMILES string of the molecule is COC1(OC)N=C(N)[C@]2(C#N)[C@@H](c3cccc(OCc4ccccc4)c3)[C@]12C#N. The van der Waals surface area contributed by atoms with Crippen molar-refractivity contribution in [2.45, 2.75) is 18.4 Å². The number of aliphatic imine (C=N–C) groups is 1. The fourth-order valence-electron chi connectivity index (χ4n) is 4.55. The van der Waals surface area contributed by atoms with Gasteiger partial charge >= 0.3 is 0 Å². The summed E-state index contributed by atoms with van der Waals surface area (Å²) in [5, 5.41) is 20.1. The van der Waals surface area contributed by atoms with Gasteiger partial charge < -0.3 is 19.9 Å². The standard InChI is InChI=1S/C22H20N4O3/c1-27-22(28-2)21(14-24)18(20(21,13-23)19(25)26-22)16-9-6-10-17(11-16)29-12-15-7-4-3-5-8-15/h3-11,18H,12H2,1-2H3,(H2,25,26)/t18-,20+,21+/m1/s1. The minimum atomic E-state index is -1.63. The van der Waals surface area contributed by atoms with Crippen LogP contribution >= 0.6 is 0 Å². The van der Waals surface area contributed by atoms with E-state index in [0.717, 1.165) is 11.1 Å². The summed E-state index contributed by atoms with van der Waals surface area (Å²) in [4.78, 5) is 4.22. The lowest BCUT2D eigenvalue weighted by Crippen LogP contribution is -2.41. The lowest BCUT2D eigenvalue weighted by atomic mass is 9.93. The van der Waals surface area contributed by atoms with Gasteiger partial charge in [0.2, 0.25) is 0 Å². The number of benzene rings is 2. The van der Waals surface area contributed by atoms with Crippen molar-refractivity contribution in [3.8, 4) is 17.9 Å². The molecule has 0 spiro atoms. The first-order chi connectivity index (χ1) is 14.0. The highest BCUT2D eigenvalue weighted by Gasteiger charge is 2.93. The van der Waals surface area contributed by atoms with Crippen LogP contribution in [0.1, 0.15) is 17.0 Å². The highest BCUT2D eigenvalue weighted by atomic mass is 16.7. The van der Waals surface area contributed by atoms with Crippen molar-refractivity contribution < 1.29 is 14.2 Å². The van der Waals surface area contributed by atoms with Gasteiger partial charge in [-0.2, -0.15) is 10.5 Å². The molecule has 1 heterocycles. The number of rotatable bonds is 6. The Labute approximate surface area is 168 Å². The second kappa shape index (κ2) is 6.59. The maximum atomic E-state index is 10.1. The van der Waals surface area contributed by atoms with Crippen LogP contribution in [0.5, 0.6) is 5.75 Å². The second-order valence-corrected chi connectivity index (χ2v) is 7.11. The zero-order valence-corrected chi connectivity index (χ0v) is 16.1. The van der Waals surface area contributed by atoms with E-state index in [1.54, 1.807) is 0 Å². The predicted octanol–water partition coefficient (Wildman–Crippen LogP) is 2.70. The van der Waals surface area contributed by atoms with E-state index in [1.807, 2.05) is 54.6 Å². The number of nitrogens with two attached hydrogens (primary N) is 1. The molecule has 0 unspecified atom stereocenters. The minimum absolute atomic E-state index is 0.0471. The van der Waals surface area contributed by atoms with Gasteiger partial charge in [0.25, 0.3) is 5.91 Å². The van der Waals surface area contributed by atoms with Gasteiger partial charge in [0.05, 0.1) is 12.1 Å². The molecule has 1 aliphatic carbocycles. The van der Waals surface area contributed by atoms with E-state index >= 15 is 0 Å². The van der Waals surface area contributed by atoms with E-state index in [2.05, 4.69) is 17.1 Å². The van der Waals surface area contributed by atoms with Crippen molar-refractivity contribution in [1.82, 2.24) is 0 Å². The Hall–Kier alpha value is -3.39. The summed E-state index contributed by atoms with van der Waals surface area (Å²) in [6.07, 6.45) is 0. The highest BCUT2D eigenvalue weighted by Crippen LogP contribution is 2.81. The van der Waals surface area contributed by atoms with Gasteiger partial charge in [-0.15, -0.1) is 0 Å². The van der Waals surface area contributed by atoms with Gasteiger partial charge in [0.1, 0.15) is 23.6 Å². The molecule has 4 rings (SSSR count). The lowest BCUT2D eigenvalue weighted by molar-refractivity contribution is -0.230. The Balaban J connectivity index is 1.70. The highest BCUT2D eigenvalue weighted by molar-refractivity contribution is 6.00. The van der Waals surface area contributed by atoms with Crippen LogP contribution in [0, 0.1) is 33.5 Å². The number of hydrogen-bond acceptors (Lipinski definition) is 7. The lowest BCUT2D eigenvalue weighted by Gasteiger charge is -2.29. The Bertz CT molecular complexity index is 1050. The molecule has 0 bridgehead atoms. The molecule has 7 nitrogen and oxygen atoms in total. The van der Waals surface area contributed by atoms with E-state index < -0.39 is 22.7 Å². The molecule has 1 saturated carbocycles. The molecule has 0 aromatic heterocycles. The average molecular weight is 388 g/mol. The minimum Gasteiger partial charge on any atom is -0.489 e. The fourth-order valence-corrected chi connectivity index (χ4v) is 4.55. The van der Waals surface area contributed by atoms with Crippen molar-refractivity contribution in [2.75, 3.05) is 14.2 Å². The van der Waals surface area contributed by atoms with E-state index in [0.29, 0.717) is 12.4 Å². The number of nitriles is 2. The average Bonchev–Trinajstić information content (AvgIpc) is 3.35. The molecule has 2 aliphatic rings. The Morgan fingerprint density at radius 3 is 2.38 bits per heavy atom. The van der Waals surface area contributed by atoms with Gasteiger partial charge in [-0.05, 0) is 23.3 Å². The molecule has 7 heteroatoms. The summed E-state index contributed by atoms with van der Waals surface area (Å²) in [6, 6.07) is 21.6. The number of methoxy groups -OCH3 is 2. The monoisotopic (exact) mass is 388 g/mol. The maximum Gasteiger partial charge on any atom is 0.292 e. The molecule has 29 heavy (non-hydrogen) atoms. The molecule has 0 saturated heterocycles. The first-order valence-electron chi connectivity index (χ1n) is 9.10. The number of fused-ring (bicyclic) bond motifs is 1. The molecule has 0 radical (unpaired) electrons. The van der Waals surface area contributed by atoms with E-state index in [4.69, 9.17) is 19.9 Å². The van der Waals surface area contributed by atoms with E-state index in [1.165, 1.54) is 14.2 Å². The molecule has 1 aliphatic heterocycles. The van der Waals surface area contributed by atoms with Crippen LogP contribution in [0.25, 0.3) is 0 Å². The van der Waals surface area contributed by atoms with Crippen LogP contribution < -0.4 is 10.5 Å². The molecule has 3 atom stereocenters. The van der Waals surface area contributed by atoms with Crippen molar-refractivity contribution in [1.29, 1.82) is 10.5 Å². The maximum absolute atomic E-state index is 10.1. The zero-order valence-electron chi connectivity index (χ0n) is 16.1. The van der Waals surface area contributed by atoms with Gasteiger partial charge in [0, 0.05) is 20.1 Å². The van der Waals surface area contributed by atoms with Crippen molar-refractivity contribution in [3.05, 3.63) is 65.7 Å². The first-order valence-corrected chi connectivity index (χ1v) is 9.10. The summed E-state index contributed by atoms with van der Waals surface area (Å²) in [5.74, 6) is -1.50. The third kappa shape index (κ3) is 2.26. The largest absolute Gasteiger partial charge is 0.489 e. The van der Waals surface area contributed by atoms with Crippen LogP contribution in [0.15, 0.2) is 59.6 Å². The Morgan fingerprint density at radius 1 is 1.03 bits per heavy atom. The van der Waals surface area contributed by atoms with Crippen molar-refractivity contribution in [2.24, 2.45) is 21.6 Å². The van der Waals surface area contributed by atoms with Crippen LogP contribution in [0.3, 0.4) is 0 Å². The molecular formula is C22H20N4O3. The molecule has 1 fully saturated rings. The Kier molecular flexibility index (Phi) is 4.31. The first kappa shape index (κ1) is 18.9. The summed E-state index contributed by atoms with van der Waals surface area (Å²) >= 11 is 0. The van der Waals surface area contributed by atoms with Crippen LogP contribution in [-0.4, -0.2) is 26.0 Å². The molecule has 146 valence electrons. The zero-order chi connectivity index (χ0) is 20.7. The molecule has 2 aromatic carbocycles. The normalized spacial score (nSPS) is 28.6. The predicted molar refractivity (Wildman–Crippen MR) is 104 cm³/mol. The fraction of sp³-hybridized carbons (Fsp3) is 0.318. The number of ether oxygens (including phenoxy) is 3. The quantitative estimate of drug-likeness (QED) is 0.761. The third-order valence-electron chi connectivity index (χ3n) is 5.92. The van der Waals surface area contributed by atoms with Crippen molar-refractivity contribution >= 4 is 5.84 Å². The third-order valence-corrected chi connectivity index (χ3v) is 5.92. The second-order valence-electron chi connectivity index (χ2n) is 7.11. The summed E-state index contributed by atoms with van der Waals surface area (Å²) in [6.45, 7) is 0.408. The number of nitrogens with zero attached hydrogens (tertiary/aromatic N) is 3. The molecule has 0 amide bonds. The van der Waals surface area contributed by atoms with Crippen LogP contribution in [-0.2, 0) is 16.1 Å². The van der Waals surface area contributed by atoms with Gasteiger partial charge in [-0.3, -0.25) is 0 Å². The summed E-state index contributed by atoms with van der Waals surface area (Å²) in [5.41, 5.74) is 5.23. The van der Waals surface area contributed by atoms with Gasteiger partial charge in [-0.1, -0.05) is 42.5 Å². The topological polar surface area (TPSA) is 114 Å². The van der Waals surface area contributed by atoms with Gasteiger partial charge in [0.15, 0.2) is 5.41 Å². The molecular weight excluding hydrogens is 368 g/mol. The van der Waals surface area contributed by atoms with Crippen LogP contribution in [0.2, 0.25) is 0 Å². The molecule has 2 N–H and O–H groups in total.